The standard InChI is InChI=1S/C18H21N3O4/c1-23-14-3-5-15(6-4-14)24-13-17(22)21-11-7-16(8-12-21)25-18-19-9-2-10-20-18/h2-6,9-10,16H,7-8,11-13H2,1H3. The molecule has 0 N–H and O–H groups in total. The van der Waals surface area contributed by atoms with Gasteiger partial charge in [-0.05, 0) is 30.3 Å². The lowest BCUT2D eigenvalue weighted by Gasteiger charge is -2.31. The van der Waals surface area contributed by atoms with Crippen LogP contribution in [0.2, 0.25) is 0 Å². The number of aromatic nitrogens is 2. The Hall–Kier alpha value is -2.83. The zero-order valence-corrected chi connectivity index (χ0v) is 14.1. The van der Waals surface area contributed by atoms with E-state index in [0.717, 1.165) is 18.6 Å². The molecule has 3 rings (SSSR count). The summed E-state index contributed by atoms with van der Waals surface area (Å²) in [4.78, 5) is 22.2. The van der Waals surface area contributed by atoms with Gasteiger partial charge in [0.05, 0.1) is 7.11 Å². The lowest BCUT2D eigenvalue weighted by Crippen LogP contribution is -2.43. The fraction of sp³-hybridized carbons (Fsp3) is 0.389. The van der Waals surface area contributed by atoms with E-state index in [1.165, 1.54) is 0 Å². The smallest absolute Gasteiger partial charge is 0.316 e. The molecule has 1 amide bonds. The first-order chi connectivity index (χ1) is 12.2. The summed E-state index contributed by atoms with van der Waals surface area (Å²) in [5.74, 6) is 1.38. The van der Waals surface area contributed by atoms with Gasteiger partial charge in [0.25, 0.3) is 5.91 Å². The molecule has 1 aliphatic heterocycles. The number of hydrogen-bond acceptors (Lipinski definition) is 6. The van der Waals surface area contributed by atoms with E-state index in [4.69, 9.17) is 14.2 Å². The first kappa shape index (κ1) is 17.0. The van der Waals surface area contributed by atoms with Gasteiger partial charge >= 0.3 is 6.01 Å². The van der Waals surface area contributed by atoms with Crippen LogP contribution in [0.1, 0.15) is 12.8 Å². The van der Waals surface area contributed by atoms with Gasteiger partial charge in [-0.2, -0.15) is 0 Å². The second kappa shape index (κ2) is 8.32. The molecular weight excluding hydrogens is 322 g/mol. The zero-order valence-electron chi connectivity index (χ0n) is 14.1. The summed E-state index contributed by atoms with van der Waals surface area (Å²) >= 11 is 0. The Labute approximate surface area is 146 Å². The Morgan fingerprint density at radius 3 is 2.40 bits per heavy atom. The number of nitrogens with zero attached hydrogens (tertiary/aromatic N) is 3. The van der Waals surface area contributed by atoms with Gasteiger partial charge in [0, 0.05) is 38.3 Å². The quantitative estimate of drug-likeness (QED) is 0.798. The third-order valence-electron chi connectivity index (χ3n) is 4.03. The summed E-state index contributed by atoms with van der Waals surface area (Å²) in [7, 11) is 1.61. The molecule has 2 heterocycles. The molecule has 0 aliphatic carbocycles. The number of benzene rings is 1. The Kier molecular flexibility index (Phi) is 5.66. The molecular formula is C18H21N3O4. The van der Waals surface area contributed by atoms with Crippen molar-refractivity contribution in [3.63, 3.8) is 0 Å². The number of amides is 1. The van der Waals surface area contributed by atoms with Crippen molar-refractivity contribution in [2.45, 2.75) is 18.9 Å². The molecule has 0 saturated carbocycles. The van der Waals surface area contributed by atoms with Crippen LogP contribution in [0.4, 0.5) is 0 Å². The highest BCUT2D eigenvalue weighted by Gasteiger charge is 2.24. The number of ether oxygens (including phenoxy) is 3. The number of piperidine rings is 1. The molecule has 0 unspecified atom stereocenters. The fourth-order valence-electron chi connectivity index (χ4n) is 2.63. The third-order valence-corrected chi connectivity index (χ3v) is 4.03. The third kappa shape index (κ3) is 4.82. The topological polar surface area (TPSA) is 73.8 Å². The van der Waals surface area contributed by atoms with E-state index in [1.807, 2.05) is 0 Å². The van der Waals surface area contributed by atoms with Gasteiger partial charge in [-0.15, -0.1) is 0 Å². The van der Waals surface area contributed by atoms with Crippen LogP contribution >= 0.6 is 0 Å². The van der Waals surface area contributed by atoms with Crippen molar-refractivity contribution in [3.05, 3.63) is 42.7 Å². The highest BCUT2D eigenvalue weighted by molar-refractivity contribution is 5.77. The highest BCUT2D eigenvalue weighted by Crippen LogP contribution is 2.18. The molecule has 1 aromatic carbocycles. The minimum atomic E-state index is -0.0229. The molecule has 7 nitrogen and oxygen atoms in total. The highest BCUT2D eigenvalue weighted by atomic mass is 16.5. The van der Waals surface area contributed by atoms with Crippen molar-refractivity contribution in [1.82, 2.24) is 14.9 Å². The maximum absolute atomic E-state index is 12.3. The van der Waals surface area contributed by atoms with E-state index < -0.39 is 0 Å². The first-order valence-corrected chi connectivity index (χ1v) is 8.23. The van der Waals surface area contributed by atoms with E-state index in [2.05, 4.69) is 9.97 Å². The van der Waals surface area contributed by atoms with Crippen LogP contribution in [0, 0.1) is 0 Å². The minimum absolute atomic E-state index is 0.0229. The predicted octanol–water partition coefficient (Wildman–Crippen LogP) is 1.93. The van der Waals surface area contributed by atoms with E-state index >= 15 is 0 Å². The van der Waals surface area contributed by atoms with Crippen molar-refractivity contribution in [2.24, 2.45) is 0 Å². The van der Waals surface area contributed by atoms with Crippen LogP contribution in [0.15, 0.2) is 42.7 Å². The van der Waals surface area contributed by atoms with E-state index in [0.29, 0.717) is 24.8 Å². The van der Waals surface area contributed by atoms with E-state index in [9.17, 15) is 4.79 Å². The second-order valence-electron chi connectivity index (χ2n) is 5.69. The van der Waals surface area contributed by atoms with Crippen molar-refractivity contribution in [2.75, 3.05) is 26.8 Å². The van der Waals surface area contributed by atoms with Crippen molar-refractivity contribution in [3.8, 4) is 17.5 Å². The predicted molar refractivity (Wildman–Crippen MR) is 90.8 cm³/mol. The van der Waals surface area contributed by atoms with Gasteiger partial charge in [0.15, 0.2) is 6.61 Å². The normalized spacial score (nSPS) is 14.8. The number of methoxy groups -OCH3 is 1. The molecule has 1 fully saturated rings. The molecule has 25 heavy (non-hydrogen) atoms. The Morgan fingerprint density at radius 2 is 1.76 bits per heavy atom. The number of carbonyl (C=O) groups excluding carboxylic acids is 1. The molecule has 1 saturated heterocycles. The summed E-state index contributed by atoms with van der Waals surface area (Å²) in [6.07, 6.45) is 4.85. The molecule has 7 heteroatoms. The summed E-state index contributed by atoms with van der Waals surface area (Å²) in [6.45, 7) is 1.31. The fourth-order valence-corrected chi connectivity index (χ4v) is 2.63. The molecule has 0 spiro atoms. The van der Waals surface area contributed by atoms with Crippen LogP contribution < -0.4 is 14.2 Å². The second-order valence-corrected chi connectivity index (χ2v) is 5.69. The number of hydrogen-bond donors (Lipinski definition) is 0. The van der Waals surface area contributed by atoms with Crippen LogP contribution in [0.5, 0.6) is 17.5 Å². The Bertz CT molecular complexity index is 670. The monoisotopic (exact) mass is 343 g/mol. The zero-order chi connectivity index (χ0) is 17.5. The van der Waals surface area contributed by atoms with Gasteiger partial charge in [0.2, 0.25) is 0 Å². The Morgan fingerprint density at radius 1 is 1.12 bits per heavy atom. The maximum atomic E-state index is 12.3. The molecule has 2 aromatic rings. The van der Waals surface area contributed by atoms with Gasteiger partial charge in [-0.1, -0.05) is 0 Å². The van der Waals surface area contributed by atoms with Crippen LogP contribution in [-0.4, -0.2) is 53.7 Å². The summed E-state index contributed by atoms with van der Waals surface area (Å²) in [5.41, 5.74) is 0. The summed E-state index contributed by atoms with van der Waals surface area (Å²) < 4.78 is 16.4. The van der Waals surface area contributed by atoms with Crippen molar-refractivity contribution < 1.29 is 19.0 Å². The van der Waals surface area contributed by atoms with Crippen LogP contribution in [0.3, 0.4) is 0 Å². The molecule has 1 aliphatic rings. The lowest BCUT2D eigenvalue weighted by molar-refractivity contribution is -0.135. The Balaban J connectivity index is 1.41. The molecule has 0 radical (unpaired) electrons. The largest absolute Gasteiger partial charge is 0.497 e. The van der Waals surface area contributed by atoms with Crippen molar-refractivity contribution >= 4 is 5.91 Å². The van der Waals surface area contributed by atoms with Gasteiger partial charge in [0.1, 0.15) is 17.6 Å². The maximum Gasteiger partial charge on any atom is 0.316 e. The SMILES string of the molecule is COc1ccc(OCC(=O)N2CCC(Oc3ncccn3)CC2)cc1. The molecule has 132 valence electrons. The van der Waals surface area contributed by atoms with Crippen LogP contribution in [-0.2, 0) is 4.79 Å². The molecule has 0 atom stereocenters. The van der Waals surface area contributed by atoms with E-state index in [-0.39, 0.29) is 18.6 Å². The first-order valence-electron chi connectivity index (χ1n) is 8.23. The van der Waals surface area contributed by atoms with Crippen LogP contribution in [0.25, 0.3) is 0 Å². The summed E-state index contributed by atoms with van der Waals surface area (Å²) in [5, 5.41) is 0. The van der Waals surface area contributed by atoms with Crippen molar-refractivity contribution in [1.29, 1.82) is 0 Å². The molecule has 0 bridgehead atoms. The average molecular weight is 343 g/mol. The average Bonchev–Trinajstić information content (AvgIpc) is 2.68. The molecule has 1 aromatic heterocycles. The van der Waals surface area contributed by atoms with Gasteiger partial charge in [-0.25, -0.2) is 9.97 Å². The van der Waals surface area contributed by atoms with Gasteiger partial charge < -0.3 is 19.1 Å². The number of rotatable bonds is 6. The lowest BCUT2D eigenvalue weighted by atomic mass is 10.1. The number of likely N-dealkylation sites (tertiary alicyclic amines) is 1. The van der Waals surface area contributed by atoms with Gasteiger partial charge in [-0.3, -0.25) is 4.79 Å². The summed E-state index contributed by atoms with van der Waals surface area (Å²) in [6, 6.07) is 9.30. The minimum Gasteiger partial charge on any atom is -0.497 e. The van der Waals surface area contributed by atoms with E-state index in [1.54, 1.807) is 54.7 Å². The number of carbonyl (C=O) groups is 1.